The van der Waals surface area contributed by atoms with Gasteiger partial charge in [-0.05, 0) is 25.7 Å². The summed E-state index contributed by atoms with van der Waals surface area (Å²) in [4.78, 5) is 22.0. The molecule has 1 saturated carbocycles. The summed E-state index contributed by atoms with van der Waals surface area (Å²) in [5.74, 6) is -0.385. The maximum atomic E-state index is 11.5. The molecular formula is C12H20O4. The van der Waals surface area contributed by atoms with Crippen LogP contribution in [0.5, 0.6) is 0 Å². The molecule has 0 aliphatic heterocycles. The minimum atomic E-state index is -0.377. The first kappa shape index (κ1) is 13.0. The Morgan fingerprint density at radius 3 is 2.44 bits per heavy atom. The van der Waals surface area contributed by atoms with E-state index in [0.29, 0.717) is 12.4 Å². The molecule has 4 nitrogen and oxygen atoms in total. The molecule has 1 fully saturated rings. The van der Waals surface area contributed by atoms with Gasteiger partial charge in [0.2, 0.25) is 0 Å². The van der Waals surface area contributed by atoms with Gasteiger partial charge in [-0.3, -0.25) is 9.59 Å². The van der Waals surface area contributed by atoms with Crippen molar-refractivity contribution in [3.63, 3.8) is 0 Å². The van der Waals surface area contributed by atoms with E-state index >= 15 is 0 Å². The molecule has 0 aromatic rings. The van der Waals surface area contributed by atoms with Crippen LogP contribution < -0.4 is 0 Å². The van der Waals surface area contributed by atoms with Crippen LogP contribution in [0.15, 0.2) is 0 Å². The van der Waals surface area contributed by atoms with Crippen molar-refractivity contribution in [1.29, 1.82) is 0 Å². The van der Waals surface area contributed by atoms with Crippen molar-refractivity contribution in [2.75, 3.05) is 7.11 Å². The van der Waals surface area contributed by atoms with Gasteiger partial charge in [-0.2, -0.15) is 0 Å². The van der Waals surface area contributed by atoms with Gasteiger partial charge in [0.15, 0.2) is 0 Å². The number of hydrogen-bond acceptors (Lipinski definition) is 4. The Hall–Kier alpha value is -1.06. The van der Waals surface area contributed by atoms with Crippen LogP contribution in [0.3, 0.4) is 0 Å². The molecule has 92 valence electrons. The van der Waals surface area contributed by atoms with E-state index < -0.39 is 0 Å². The predicted octanol–water partition coefficient (Wildman–Crippen LogP) is 1.92. The predicted molar refractivity (Wildman–Crippen MR) is 58.7 cm³/mol. The van der Waals surface area contributed by atoms with E-state index in [1.54, 1.807) is 6.92 Å². The van der Waals surface area contributed by atoms with Gasteiger partial charge < -0.3 is 9.47 Å². The SMILES string of the molecule is COC(=O)[C@H](C)[C@@H](OC=O)C1CCCCC1. The van der Waals surface area contributed by atoms with E-state index in [1.165, 1.54) is 13.5 Å². The van der Waals surface area contributed by atoms with Crippen LogP contribution >= 0.6 is 0 Å². The zero-order valence-corrected chi connectivity index (χ0v) is 9.98. The lowest BCUT2D eigenvalue weighted by Gasteiger charge is -2.31. The average Bonchev–Trinajstić information content (AvgIpc) is 2.35. The summed E-state index contributed by atoms with van der Waals surface area (Å²) in [5.41, 5.74) is 0. The Kier molecular flexibility index (Phi) is 5.29. The molecule has 0 N–H and O–H groups in total. The number of carbonyl (C=O) groups is 2. The molecule has 4 heteroatoms. The van der Waals surface area contributed by atoms with E-state index in [9.17, 15) is 9.59 Å². The standard InChI is InChI=1S/C12H20O4/c1-9(12(14)15-2)11(16-8-13)10-6-4-3-5-7-10/h8-11H,3-7H2,1-2H3/t9-,11-/m1/s1. The molecule has 1 aliphatic carbocycles. The van der Waals surface area contributed by atoms with Crippen molar-refractivity contribution >= 4 is 12.4 Å². The second-order valence-corrected chi connectivity index (χ2v) is 4.41. The smallest absolute Gasteiger partial charge is 0.312 e. The molecule has 0 aromatic heterocycles. The largest absolute Gasteiger partial charge is 0.469 e. The van der Waals surface area contributed by atoms with Crippen LogP contribution in [0.4, 0.5) is 0 Å². The first-order valence-corrected chi connectivity index (χ1v) is 5.87. The van der Waals surface area contributed by atoms with Gasteiger partial charge in [-0.1, -0.05) is 19.3 Å². The Labute approximate surface area is 96.3 Å². The van der Waals surface area contributed by atoms with Crippen molar-refractivity contribution < 1.29 is 19.1 Å². The minimum Gasteiger partial charge on any atom is -0.469 e. The number of ether oxygens (including phenoxy) is 2. The van der Waals surface area contributed by atoms with E-state index in [-0.39, 0.29) is 18.0 Å². The topological polar surface area (TPSA) is 52.6 Å². The maximum Gasteiger partial charge on any atom is 0.312 e. The van der Waals surface area contributed by atoms with Crippen molar-refractivity contribution in [2.24, 2.45) is 11.8 Å². The van der Waals surface area contributed by atoms with E-state index in [2.05, 4.69) is 0 Å². The summed E-state index contributed by atoms with van der Waals surface area (Å²) in [6.07, 6.45) is 5.26. The maximum absolute atomic E-state index is 11.5. The number of hydrogen-bond donors (Lipinski definition) is 0. The summed E-state index contributed by atoms with van der Waals surface area (Å²) >= 11 is 0. The summed E-state index contributed by atoms with van der Waals surface area (Å²) in [6.45, 7) is 2.20. The van der Waals surface area contributed by atoms with Crippen molar-refractivity contribution in [3.05, 3.63) is 0 Å². The summed E-state index contributed by atoms with van der Waals surface area (Å²) in [7, 11) is 1.36. The quantitative estimate of drug-likeness (QED) is 0.533. The third-order valence-corrected chi connectivity index (χ3v) is 3.39. The molecule has 16 heavy (non-hydrogen) atoms. The molecular weight excluding hydrogens is 208 g/mol. The van der Waals surface area contributed by atoms with Gasteiger partial charge in [0.25, 0.3) is 6.47 Å². The third-order valence-electron chi connectivity index (χ3n) is 3.39. The Bertz CT molecular complexity index is 233. The average molecular weight is 228 g/mol. The zero-order valence-electron chi connectivity index (χ0n) is 9.98. The molecule has 2 atom stereocenters. The van der Waals surface area contributed by atoms with Gasteiger partial charge in [0, 0.05) is 0 Å². The van der Waals surface area contributed by atoms with E-state index in [0.717, 1.165) is 25.7 Å². The van der Waals surface area contributed by atoms with Gasteiger partial charge >= 0.3 is 5.97 Å². The third kappa shape index (κ3) is 3.22. The highest BCUT2D eigenvalue weighted by Gasteiger charge is 2.34. The molecule has 0 bridgehead atoms. The Balaban J connectivity index is 2.63. The fourth-order valence-corrected chi connectivity index (χ4v) is 2.48. The lowest BCUT2D eigenvalue weighted by molar-refractivity contribution is -0.156. The van der Waals surface area contributed by atoms with Gasteiger partial charge in [-0.25, -0.2) is 0 Å². The molecule has 0 radical (unpaired) electrons. The number of rotatable bonds is 5. The van der Waals surface area contributed by atoms with Gasteiger partial charge in [0.1, 0.15) is 6.10 Å². The fraction of sp³-hybridized carbons (Fsp3) is 0.833. The zero-order chi connectivity index (χ0) is 12.0. The summed E-state index contributed by atoms with van der Waals surface area (Å²) < 4.78 is 9.78. The van der Waals surface area contributed by atoms with Crippen LogP contribution in [-0.4, -0.2) is 25.7 Å². The normalized spacial score (nSPS) is 20.9. The van der Waals surface area contributed by atoms with Crippen molar-refractivity contribution in [2.45, 2.75) is 45.1 Å². The Morgan fingerprint density at radius 2 is 1.94 bits per heavy atom. The second kappa shape index (κ2) is 6.51. The lowest BCUT2D eigenvalue weighted by atomic mass is 9.81. The molecule has 0 saturated heterocycles. The fourth-order valence-electron chi connectivity index (χ4n) is 2.48. The van der Waals surface area contributed by atoms with Crippen LogP contribution in [0.25, 0.3) is 0 Å². The second-order valence-electron chi connectivity index (χ2n) is 4.41. The van der Waals surface area contributed by atoms with Crippen LogP contribution in [-0.2, 0) is 19.1 Å². The number of carbonyl (C=O) groups excluding carboxylic acids is 2. The number of methoxy groups -OCH3 is 1. The Morgan fingerprint density at radius 1 is 1.31 bits per heavy atom. The molecule has 0 heterocycles. The molecule has 0 spiro atoms. The van der Waals surface area contributed by atoms with Crippen LogP contribution in [0.2, 0.25) is 0 Å². The molecule has 0 amide bonds. The van der Waals surface area contributed by atoms with Crippen LogP contribution in [0.1, 0.15) is 39.0 Å². The first-order chi connectivity index (χ1) is 7.70. The monoisotopic (exact) mass is 228 g/mol. The van der Waals surface area contributed by atoms with Gasteiger partial charge in [0.05, 0.1) is 13.0 Å². The molecule has 0 unspecified atom stereocenters. The van der Waals surface area contributed by atoms with Crippen LogP contribution in [0, 0.1) is 11.8 Å². The minimum absolute atomic E-state index is 0.299. The van der Waals surface area contributed by atoms with Crippen molar-refractivity contribution in [1.82, 2.24) is 0 Å². The summed E-state index contributed by atoms with van der Waals surface area (Å²) in [6, 6.07) is 0. The van der Waals surface area contributed by atoms with Crippen molar-refractivity contribution in [3.8, 4) is 0 Å². The highest BCUT2D eigenvalue weighted by atomic mass is 16.5. The lowest BCUT2D eigenvalue weighted by Crippen LogP contribution is -2.36. The summed E-state index contributed by atoms with van der Waals surface area (Å²) in [5, 5.41) is 0. The van der Waals surface area contributed by atoms with Gasteiger partial charge in [-0.15, -0.1) is 0 Å². The number of esters is 1. The molecule has 1 aliphatic rings. The molecule has 1 rings (SSSR count). The van der Waals surface area contributed by atoms with E-state index in [1.807, 2.05) is 0 Å². The van der Waals surface area contributed by atoms with E-state index in [4.69, 9.17) is 9.47 Å². The highest BCUT2D eigenvalue weighted by Crippen LogP contribution is 2.31. The highest BCUT2D eigenvalue weighted by molar-refractivity contribution is 5.72. The first-order valence-electron chi connectivity index (χ1n) is 5.87. The molecule has 0 aromatic carbocycles.